The number of piperidine rings is 1. The number of amides is 1. The minimum absolute atomic E-state index is 0.0287. The number of aryl methyl sites for hydroxylation is 3. The molecule has 0 spiro atoms. The molecule has 2 saturated heterocycles. The third-order valence-corrected chi connectivity index (χ3v) is 6.56. The van der Waals surface area contributed by atoms with Crippen molar-refractivity contribution in [3.8, 4) is 0 Å². The number of hydrogen-bond donors (Lipinski definition) is 0. The zero-order valence-electron chi connectivity index (χ0n) is 18.7. The second kappa shape index (κ2) is 7.98. The molecule has 3 aromatic rings. The largest absolute Gasteiger partial charge is 0.356 e. The van der Waals surface area contributed by atoms with Crippen LogP contribution in [0.1, 0.15) is 72.5 Å². The fourth-order valence-corrected chi connectivity index (χ4v) is 5.02. The topological polar surface area (TPSA) is 71.6 Å². The van der Waals surface area contributed by atoms with Gasteiger partial charge in [-0.1, -0.05) is 0 Å². The molecule has 5 rings (SSSR count). The molecule has 0 saturated carbocycles. The molecule has 0 radical (unpaired) electrons. The summed E-state index contributed by atoms with van der Waals surface area (Å²) in [4.78, 5) is 22.8. The van der Waals surface area contributed by atoms with Crippen LogP contribution >= 0.6 is 0 Å². The van der Waals surface area contributed by atoms with Gasteiger partial charge < -0.3 is 9.80 Å². The van der Waals surface area contributed by atoms with Crippen molar-refractivity contribution in [2.24, 2.45) is 0 Å². The Kier molecular flexibility index (Phi) is 5.16. The van der Waals surface area contributed by atoms with Crippen LogP contribution in [0, 0.1) is 13.8 Å². The summed E-state index contributed by atoms with van der Waals surface area (Å²) in [6.45, 7) is 9.63. The molecule has 31 heavy (non-hydrogen) atoms. The second-order valence-electron chi connectivity index (χ2n) is 8.81. The summed E-state index contributed by atoms with van der Waals surface area (Å²) in [5, 5.41) is 9.33. The van der Waals surface area contributed by atoms with Crippen LogP contribution < -0.4 is 4.90 Å². The lowest BCUT2D eigenvalue weighted by molar-refractivity contribution is 0.0593. The molecule has 3 aromatic heterocycles. The Hall–Kier alpha value is -2.90. The maximum atomic E-state index is 13.5. The normalized spacial score (nSPS) is 19.5. The van der Waals surface area contributed by atoms with Gasteiger partial charge in [0.2, 0.25) is 0 Å². The molecule has 8 nitrogen and oxygen atoms in total. The Morgan fingerprint density at radius 1 is 1.06 bits per heavy atom. The van der Waals surface area contributed by atoms with Gasteiger partial charge in [0.25, 0.3) is 5.91 Å². The number of nitrogens with zero attached hydrogens (tertiary/aromatic N) is 7. The van der Waals surface area contributed by atoms with E-state index in [-0.39, 0.29) is 11.9 Å². The van der Waals surface area contributed by atoms with Gasteiger partial charge >= 0.3 is 0 Å². The molecule has 1 atom stereocenters. The standard InChI is InChI=1S/C23H31N7O/c1-4-29-20(13-17(3)25-29)23(31)28-12-6-5-9-19(28)18-14-21-24-22(27-10-7-8-11-27)16(2)15-30(21)26-18/h13-15,19H,4-12H2,1-3H3/t19-/m0/s1. The lowest BCUT2D eigenvalue weighted by atomic mass is 9.99. The van der Waals surface area contributed by atoms with Crippen LogP contribution in [-0.2, 0) is 6.54 Å². The highest BCUT2D eigenvalue weighted by atomic mass is 16.2. The van der Waals surface area contributed by atoms with E-state index in [4.69, 9.17) is 10.1 Å². The Morgan fingerprint density at radius 3 is 2.61 bits per heavy atom. The number of anilines is 1. The van der Waals surface area contributed by atoms with E-state index in [0.717, 1.165) is 67.3 Å². The summed E-state index contributed by atoms with van der Waals surface area (Å²) < 4.78 is 3.68. The van der Waals surface area contributed by atoms with Gasteiger partial charge in [0, 0.05) is 44.0 Å². The highest BCUT2D eigenvalue weighted by molar-refractivity contribution is 5.93. The van der Waals surface area contributed by atoms with E-state index in [1.165, 1.54) is 12.8 Å². The van der Waals surface area contributed by atoms with Crippen LogP contribution in [0.5, 0.6) is 0 Å². The van der Waals surface area contributed by atoms with Crippen molar-refractivity contribution in [3.05, 3.63) is 41.0 Å². The molecule has 0 aliphatic carbocycles. The third-order valence-electron chi connectivity index (χ3n) is 6.56. The summed E-state index contributed by atoms with van der Waals surface area (Å²) in [5.41, 5.74) is 4.47. The maximum Gasteiger partial charge on any atom is 0.272 e. The fraction of sp³-hybridized carbons (Fsp3) is 0.565. The predicted octanol–water partition coefficient (Wildman–Crippen LogP) is 3.53. The minimum Gasteiger partial charge on any atom is -0.356 e. The Labute approximate surface area is 182 Å². The van der Waals surface area contributed by atoms with Crippen LogP contribution in [0.4, 0.5) is 5.82 Å². The van der Waals surface area contributed by atoms with E-state index < -0.39 is 0 Å². The molecule has 2 aliphatic heterocycles. The van der Waals surface area contributed by atoms with Crippen LogP contribution in [0.25, 0.3) is 5.65 Å². The van der Waals surface area contributed by atoms with E-state index in [1.54, 1.807) is 4.68 Å². The van der Waals surface area contributed by atoms with Gasteiger partial charge in [0.1, 0.15) is 11.5 Å². The van der Waals surface area contributed by atoms with Crippen molar-refractivity contribution >= 4 is 17.4 Å². The van der Waals surface area contributed by atoms with E-state index in [1.807, 2.05) is 29.3 Å². The zero-order valence-corrected chi connectivity index (χ0v) is 18.7. The molecule has 0 aromatic carbocycles. The summed E-state index contributed by atoms with van der Waals surface area (Å²) >= 11 is 0. The quantitative estimate of drug-likeness (QED) is 0.644. The summed E-state index contributed by atoms with van der Waals surface area (Å²) in [6.07, 6.45) is 7.57. The van der Waals surface area contributed by atoms with Crippen molar-refractivity contribution in [1.29, 1.82) is 0 Å². The Bertz CT molecular complexity index is 1110. The number of rotatable bonds is 4. The first kappa shape index (κ1) is 20.0. The van der Waals surface area contributed by atoms with Crippen molar-refractivity contribution in [3.63, 3.8) is 0 Å². The molecule has 2 fully saturated rings. The first-order valence-electron chi connectivity index (χ1n) is 11.5. The zero-order chi connectivity index (χ0) is 21.5. The molecule has 0 unspecified atom stereocenters. The average Bonchev–Trinajstić information content (AvgIpc) is 3.51. The smallest absolute Gasteiger partial charge is 0.272 e. The molecule has 0 N–H and O–H groups in total. The third kappa shape index (κ3) is 3.58. The van der Waals surface area contributed by atoms with Crippen molar-refractivity contribution in [2.75, 3.05) is 24.5 Å². The lowest BCUT2D eigenvalue weighted by Gasteiger charge is -2.34. The molecule has 2 aliphatic rings. The van der Waals surface area contributed by atoms with E-state index in [0.29, 0.717) is 12.2 Å². The lowest BCUT2D eigenvalue weighted by Crippen LogP contribution is -2.39. The maximum absolute atomic E-state index is 13.5. The molecule has 5 heterocycles. The molecule has 164 valence electrons. The molecular weight excluding hydrogens is 390 g/mol. The van der Waals surface area contributed by atoms with E-state index in [2.05, 4.69) is 29.2 Å². The van der Waals surface area contributed by atoms with Gasteiger partial charge in [0.05, 0.1) is 17.4 Å². The van der Waals surface area contributed by atoms with E-state index >= 15 is 0 Å². The Morgan fingerprint density at radius 2 is 1.84 bits per heavy atom. The van der Waals surface area contributed by atoms with Crippen LogP contribution in [0.3, 0.4) is 0 Å². The van der Waals surface area contributed by atoms with Crippen molar-refractivity contribution in [1.82, 2.24) is 29.3 Å². The molecule has 0 bridgehead atoms. The SMILES string of the molecule is CCn1nc(C)cc1C(=O)N1CCCC[C@H]1c1cc2nc(N3CCCC3)c(C)cn2n1. The second-order valence-corrected chi connectivity index (χ2v) is 8.81. The van der Waals surface area contributed by atoms with Gasteiger partial charge in [-0.25, -0.2) is 9.50 Å². The van der Waals surface area contributed by atoms with Gasteiger partial charge in [-0.2, -0.15) is 10.2 Å². The Balaban J connectivity index is 1.49. The predicted molar refractivity (Wildman–Crippen MR) is 119 cm³/mol. The fourth-order valence-electron chi connectivity index (χ4n) is 5.02. The van der Waals surface area contributed by atoms with Crippen LogP contribution in [0.2, 0.25) is 0 Å². The summed E-state index contributed by atoms with van der Waals surface area (Å²) in [7, 11) is 0. The number of carbonyl (C=O) groups excluding carboxylic acids is 1. The highest BCUT2D eigenvalue weighted by Gasteiger charge is 2.32. The molecular formula is C23H31N7O. The first-order valence-corrected chi connectivity index (χ1v) is 11.5. The monoisotopic (exact) mass is 421 g/mol. The van der Waals surface area contributed by atoms with Gasteiger partial charge in [0.15, 0.2) is 5.65 Å². The first-order chi connectivity index (χ1) is 15.0. The van der Waals surface area contributed by atoms with Crippen LogP contribution in [-0.4, -0.2) is 54.8 Å². The van der Waals surface area contributed by atoms with Crippen molar-refractivity contribution < 1.29 is 4.79 Å². The van der Waals surface area contributed by atoms with Gasteiger partial charge in [-0.05, 0) is 58.9 Å². The number of aromatic nitrogens is 5. The van der Waals surface area contributed by atoms with Crippen molar-refractivity contribution in [2.45, 2.75) is 65.5 Å². The minimum atomic E-state index is -0.0287. The van der Waals surface area contributed by atoms with E-state index in [9.17, 15) is 4.79 Å². The molecule has 1 amide bonds. The molecule has 8 heteroatoms. The number of likely N-dealkylation sites (tertiary alicyclic amines) is 1. The number of carbonyl (C=O) groups is 1. The summed E-state index contributed by atoms with van der Waals surface area (Å²) in [5.74, 6) is 1.11. The number of fused-ring (bicyclic) bond motifs is 1. The summed E-state index contributed by atoms with van der Waals surface area (Å²) in [6, 6.07) is 3.94. The van der Waals surface area contributed by atoms with Gasteiger partial charge in [-0.15, -0.1) is 0 Å². The highest BCUT2D eigenvalue weighted by Crippen LogP contribution is 2.33. The average molecular weight is 422 g/mol. The number of hydrogen-bond acceptors (Lipinski definition) is 5. The van der Waals surface area contributed by atoms with Gasteiger partial charge in [-0.3, -0.25) is 9.48 Å². The van der Waals surface area contributed by atoms with Crippen LogP contribution in [0.15, 0.2) is 18.3 Å².